The fourth-order valence-corrected chi connectivity index (χ4v) is 1.81. The first-order valence-electron chi connectivity index (χ1n) is 5.98. The molecule has 0 radical (unpaired) electrons. The number of benzene rings is 2. The second-order valence-electron chi connectivity index (χ2n) is 4.28. The van der Waals surface area contributed by atoms with Gasteiger partial charge in [0.1, 0.15) is 0 Å². The molecule has 2 aromatic carbocycles. The first kappa shape index (κ1) is 12.4. The minimum atomic E-state index is -1.08. The standard InChI is InChI=1S/C17H15F/c1-13-5-3-4-6-17(13)16-11-9-15(10-12-16)8-7-14(2)18/h3-6,9-12,14H,1-2H3. The fourth-order valence-electron chi connectivity index (χ4n) is 1.81. The summed E-state index contributed by atoms with van der Waals surface area (Å²) in [6, 6.07) is 16.1. The molecule has 0 spiro atoms. The number of hydrogen-bond acceptors (Lipinski definition) is 0. The van der Waals surface area contributed by atoms with Crippen LogP contribution in [0.3, 0.4) is 0 Å². The Morgan fingerprint density at radius 2 is 1.67 bits per heavy atom. The minimum Gasteiger partial charge on any atom is -0.234 e. The molecule has 0 fully saturated rings. The minimum absolute atomic E-state index is 0.844. The van der Waals surface area contributed by atoms with Crippen LogP contribution in [0.5, 0.6) is 0 Å². The van der Waals surface area contributed by atoms with Gasteiger partial charge in [-0.05, 0) is 42.7 Å². The molecule has 0 saturated heterocycles. The molecule has 2 rings (SSSR count). The van der Waals surface area contributed by atoms with Gasteiger partial charge in [0.05, 0.1) is 0 Å². The zero-order chi connectivity index (χ0) is 13.0. The average molecular weight is 238 g/mol. The fraction of sp³-hybridized carbons (Fsp3) is 0.176. The maximum Gasteiger partial charge on any atom is 0.158 e. The third-order valence-electron chi connectivity index (χ3n) is 2.76. The summed E-state index contributed by atoms with van der Waals surface area (Å²) in [4.78, 5) is 0. The Morgan fingerprint density at radius 3 is 2.28 bits per heavy atom. The van der Waals surface area contributed by atoms with E-state index in [4.69, 9.17) is 0 Å². The molecule has 0 N–H and O–H groups in total. The molecule has 1 unspecified atom stereocenters. The number of hydrogen-bond donors (Lipinski definition) is 0. The normalized spacial score (nSPS) is 11.5. The number of rotatable bonds is 1. The van der Waals surface area contributed by atoms with E-state index in [0.29, 0.717) is 0 Å². The van der Waals surface area contributed by atoms with Crippen LogP contribution in [0.25, 0.3) is 11.1 Å². The highest BCUT2D eigenvalue weighted by Crippen LogP contribution is 2.23. The van der Waals surface area contributed by atoms with Crippen molar-refractivity contribution in [2.45, 2.75) is 20.0 Å². The van der Waals surface area contributed by atoms with Crippen molar-refractivity contribution in [2.75, 3.05) is 0 Å². The topological polar surface area (TPSA) is 0 Å². The Kier molecular flexibility index (Phi) is 3.79. The van der Waals surface area contributed by atoms with Crippen molar-refractivity contribution >= 4 is 0 Å². The van der Waals surface area contributed by atoms with Crippen LogP contribution in [0.1, 0.15) is 18.1 Å². The zero-order valence-corrected chi connectivity index (χ0v) is 10.6. The molecule has 0 aromatic heterocycles. The van der Waals surface area contributed by atoms with Gasteiger partial charge in [-0.25, -0.2) is 4.39 Å². The quantitative estimate of drug-likeness (QED) is 0.647. The number of halogens is 1. The van der Waals surface area contributed by atoms with Crippen LogP contribution >= 0.6 is 0 Å². The Labute approximate surface area is 107 Å². The van der Waals surface area contributed by atoms with Crippen LogP contribution in [0.15, 0.2) is 48.5 Å². The Morgan fingerprint density at radius 1 is 1.00 bits per heavy atom. The molecule has 0 bridgehead atoms. The Balaban J connectivity index is 2.29. The molecule has 0 saturated carbocycles. The Bertz CT molecular complexity index is 583. The summed E-state index contributed by atoms with van der Waals surface area (Å²) in [5.41, 5.74) is 4.47. The smallest absolute Gasteiger partial charge is 0.158 e. The summed E-state index contributed by atoms with van der Waals surface area (Å²) >= 11 is 0. The first-order chi connectivity index (χ1) is 8.66. The third kappa shape index (κ3) is 2.99. The molecule has 1 heteroatoms. The van der Waals surface area contributed by atoms with E-state index in [1.807, 2.05) is 36.4 Å². The molecule has 18 heavy (non-hydrogen) atoms. The van der Waals surface area contributed by atoms with Crippen molar-refractivity contribution in [3.8, 4) is 23.0 Å². The highest BCUT2D eigenvalue weighted by molar-refractivity contribution is 5.67. The van der Waals surface area contributed by atoms with Crippen molar-refractivity contribution < 1.29 is 4.39 Å². The summed E-state index contributed by atoms with van der Waals surface area (Å²) in [6.07, 6.45) is -1.08. The summed E-state index contributed by atoms with van der Waals surface area (Å²) < 4.78 is 12.6. The molecule has 0 amide bonds. The van der Waals surface area contributed by atoms with Crippen molar-refractivity contribution in [3.63, 3.8) is 0 Å². The maximum absolute atomic E-state index is 12.6. The maximum atomic E-state index is 12.6. The molecule has 2 aromatic rings. The van der Waals surface area contributed by atoms with Gasteiger partial charge in [0.25, 0.3) is 0 Å². The average Bonchev–Trinajstić information content (AvgIpc) is 2.38. The number of aryl methyl sites for hydroxylation is 1. The third-order valence-corrected chi connectivity index (χ3v) is 2.76. The van der Waals surface area contributed by atoms with E-state index >= 15 is 0 Å². The lowest BCUT2D eigenvalue weighted by Gasteiger charge is -2.05. The predicted octanol–water partition coefficient (Wildman–Crippen LogP) is 4.37. The summed E-state index contributed by atoms with van der Waals surface area (Å²) in [5.74, 6) is 5.33. The second kappa shape index (κ2) is 5.51. The van der Waals surface area contributed by atoms with E-state index in [1.54, 1.807) is 0 Å². The lowest BCUT2D eigenvalue weighted by Crippen LogP contribution is -1.85. The van der Waals surface area contributed by atoms with Gasteiger partial charge in [0, 0.05) is 5.56 Å². The molecule has 0 heterocycles. The van der Waals surface area contributed by atoms with Crippen LogP contribution in [-0.2, 0) is 0 Å². The van der Waals surface area contributed by atoms with Crippen molar-refractivity contribution in [2.24, 2.45) is 0 Å². The predicted molar refractivity (Wildman–Crippen MR) is 74.1 cm³/mol. The van der Waals surface area contributed by atoms with Crippen molar-refractivity contribution in [1.82, 2.24) is 0 Å². The van der Waals surface area contributed by atoms with E-state index in [1.165, 1.54) is 18.1 Å². The van der Waals surface area contributed by atoms with Crippen LogP contribution in [-0.4, -0.2) is 6.17 Å². The second-order valence-corrected chi connectivity index (χ2v) is 4.28. The van der Waals surface area contributed by atoms with Gasteiger partial charge in [0.2, 0.25) is 0 Å². The molecular formula is C17H15F. The highest BCUT2D eigenvalue weighted by atomic mass is 19.1. The summed E-state index contributed by atoms with van der Waals surface area (Å²) in [5, 5.41) is 0. The van der Waals surface area contributed by atoms with Crippen LogP contribution in [0.4, 0.5) is 4.39 Å². The molecule has 0 aliphatic heterocycles. The molecule has 0 nitrogen and oxygen atoms in total. The van der Waals surface area contributed by atoms with E-state index in [-0.39, 0.29) is 0 Å². The van der Waals surface area contributed by atoms with E-state index in [9.17, 15) is 4.39 Å². The van der Waals surface area contributed by atoms with E-state index in [2.05, 4.69) is 30.9 Å². The van der Waals surface area contributed by atoms with Gasteiger partial charge in [-0.3, -0.25) is 0 Å². The van der Waals surface area contributed by atoms with Crippen LogP contribution in [0, 0.1) is 18.8 Å². The molecule has 90 valence electrons. The molecule has 1 atom stereocenters. The van der Waals surface area contributed by atoms with E-state index < -0.39 is 6.17 Å². The molecule has 0 aliphatic rings. The molecule has 0 aliphatic carbocycles. The lowest BCUT2D eigenvalue weighted by atomic mass is 10.00. The highest BCUT2D eigenvalue weighted by Gasteiger charge is 2.00. The summed E-state index contributed by atoms with van der Waals surface area (Å²) in [7, 11) is 0. The molecular weight excluding hydrogens is 223 g/mol. The SMILES string of the molecule is Cc1ccccc1-c1ccc(C#CC(C)F)cc1. The van der Waals surface area contributed by atoms with Crippen LogP contribution in [0.2, 0.25) is 0 Å². The van der Waals surface area contributed by atoms with Gasteiger partial charge < -0.3 is 0 Å². The van der Waals surface area contributed by atoms with Gasteiger partial charge in [-0.15, -0.1) is 0 Å². The van der Waals surface area contributed by atoms with Gasteiger partial charge >= 0.3 is 0 Å². The van der Waals surface area contributed by atoms with E-state index in [0.717, 1.165) is 11.1 Å². The number of alkyl halides is 1. The summed E-state index contributed by atoms with van der Waals surface area (Å²) in [6.45, 7) is 3.53. The van der Waals surface area contributed by atoms with Gasteiger partial charge in [-0.1, -0.05) is 48.2 Å². The monoisotopic (exact) mass is 238 g/mol. The van der Waals surface area contributed by atoms with Gasteiger partial charge in [0.15, 0.2) is 6.17 Å². The lowest BCUT2D eigenvalue weighted by molar-refractivity contribution is 0.443. The van der Waals surface area contributed by atoms with Gasteiger partial charge in [-0.2, -0.15) is 0 Å². The largest absolute Gasteiger partial charge is 0.234 e. The van der Waals surface area contributed by atoms with Crippen molar-refractivity contribution in [1.29, 1.82) is 0 Å². The zero-order valence-electron chi connectivity index (χ0n) is 10.6. The Hall–Kier alpha value is -2.07. The first-order valence-corrected chi connectivity index (χ1v) is 5.98. The van der Waals surface area contributed by atoms with Crippen molar-refractivity contribution in [3.05, 3.63) is 59.7 Å². The van der Waals surface area contributed by atoms with Crippen LogP contribution < -0.4 is 0 Å².